The highest BCUT2D eigenvalue weighted by molar-refractivity contribution is 7.90. The minimum absolute atomic E-state index is 0.129. The molecule has 37 heavy (non-hydrogen) atoms. The molecule has 0 saturated carbocycles. The quantitative estimate of drug-likeness (QED) is 0.305. The molecule has 3 aromatic carbocycles. The maximum Gasteiger partial charge on any atom is 0.336 e. The van der Waals surface area contributed by atoms with Gasteiger partial charge in [-0.2, -0.15) is 0 Å². The normalized spacial score (nSPS) is 11.4. The van der Waals surface area contributed by atoms with Crippen molar-refractivity contribution in [3.05, 3.63) is 117 Å². The number of H-pyrrole nitrogens is 1. The van der Waals surface area contributed by atoms with Crippen LogP contribution in [0.2, 0.25) is 0 Å². The van der Waals surface area contributed by atoms with E-state index in [2.05, 4.69) is 9.97 Å². The van der Waals surface area contributed by atoms with Gasteiger partial charge in [0.2, 0.25) is 0 Å². The largest absolute Gasteiger partial charge is 0.478 e. The summed E-state index contributed by atoms with van der Waals surface area (Å²) in [7, 11) is -3.65. The molecule has 0 fully saturated rings. The number of hydrogen-bond donors (Lipinski definition) is 2. The minimum Gasteiger partial charge on any atom is -0.478 e. The Bertz CT molecular complexity index is 1560. The van der Waals surface area contributed by atoms with E-state index in [1.54, 1.807) is 42.5 Å². The molecule has 0 radical (unpaired) electrons. The molecule has 1 heterocycles. The molecule has 4 rings (SSSR count). The lowest BCUT2D eigenvalue weighted by molar-refractivity contribution is 0.0697. The average molecular weight is 517 g/mol. The number of hydrogen-bond acceptors (Lipinski definition) is 5. The van der Waals surface area contributed by atoms with Crippen LogP contribution in [0.25, 0.3) is 11.1 Å². The van der Waals surface area contributed by atoms with E-state index in [-0.39, 0.29) is 27.6 Å². The maximum absolute atomic E-state index is 13.1. The number of sulfone groups is 1. The van der Waals surface area contributed by atoms with Crippen LogP contribution in [0.4, 0.5) is 0 Å². The van der Waals surface area contributed by atoms with Gasteiger partial charge in [0.25, 0.3) is 5.56 Å². The van der Waals surface area contributed by atoms with Crippen LogP contribution in [0.15, 0.2) is 88.6 Å². The molecule has 8 heteroatoms. The standard InChI is InChI=1S/C29H28N2O5S/c1-2-3-13-26-25(28(32)31-27(30-26)19-37(35,36)22-9-5-4-6-10-22)18-20-14-16-21(17-15-20)23-11-7-8-12-24(23)29(33)34/h4-12,14-17H,2-3,13,18-19H2,1H3,(H,33,34)(H,30,31,32). The van der Waals surface area contributed by atoms with Crippen LogP contribution in [0.3, 0.4) is 0 Å². The first-order valence-corrected chi connectivity index (χ1v) is 13.7. The van der Waals surface area contributed by atoms with Gasteiger partial charge in [0.05, 0.1) is 16.2 Å². The molecule has 0 atom stereocenters. The van der Waals surface area contributed by atoms with Crippen molar-refractivity contribution in [2.45, 2.75) is 43.3 Å². The minimum atomic E-state index is -3.65. The third-order valence-corrected chi connectivity index (χ3v) is 7.79. The molecular weight excluding hydrogens is 488 g/mol. The fourth-order valence-electron chi connectivity index (χ4n) is 4.22. The summed E-state index contributed by atoms with van der Waals surface area (Å²) in [5.41, 5.74) is 3.23. The number of nitrogens with zero attached hydrogens (tertiary/aromatic N) is 1. The van der Waals surface area contributed by atoms with Crippen molar-refractivity contribution >= 4 is 15.8 Å². The van der Waals surface area contributed by atoms with Crippen molar-refractivity contribution in [2.75, 3.05) is 0 Å². The van der Waals surface area contributed by atoms with E-state index in [0.29, 0.717) is 29.7 Å². The Kier molecular flexibility index (Phi) is 7.98. The van der Waals surface area contributed by atoms with Crippen molar-refractivity contribution in [3.8, 4) is 11.1 Å². The van der Waals surface area contributed by atoms with Crippen molar-refractivity contribution in [2.24, 2.45) is 0 Å². The van der Waals surface area contributed by atoms with Crippen LogP contribution in [-0.4, -0.2) is 29.5 Å². The number of carboxylic acid groups (broad SMARTS) is 1. The van der Waals surface area contributed by atoms with Gasteiger partial charge >= 0.3 is 5.97 Å². The predicted molar refractivity (Wildman–Crippen MR) is 142 cm³/mol. The van der Waals surface area contributed by atoms with Crippen molar-refractivity contribution < 1.29 is 18.3 Å². The van der Waals surface area contributed by atoms with E-state index in [0.717, 1.165) is 24.0 Å². The van der Waals surface area contributed by atoms with Gasteiger partial charge in [0.15, 0.2) is 9.84 Å². The molecule has 1 aromatic heterocycles. The summed E-state index contributed by atoms with van der Waals surface area (Å²) in [4.78, 5) is 32.1. The molecule has 2 N–H and O–H groups in total. The molecule has 0 bridgehead atoms. The van der Waals surface area contributed by atoms with Gasteiger partial charge in [0.1, 0.15) is 11.6 Å². The second kappa shape index (κ2) is 11.3. The molecule has 0 spiro atoms. The molecular formula is C29H28N2O5S. The lowest BCUT2D eigenvalue weighted by atomic mass is 9.96. The van der Waals surface area contributed by atoms with Crippen LogP contribution in [0, 0.1) is 0 Å². The van der Waals surface area contributed by atoms with Gasteiger partial charge < -0.3 is 10.1 Å². The number of carboxylic acids is 1. The van der Waals surface area contributed by atoms with E-state index in [9.17, 15) is 23.1 Å². The lowest BCUT2D eigenvalue weighted by Crippen LogP contribution is -2.22. The zero-order valence-electron chi connectivity index (χ0n) is 20.5. The SMILES string of the molecule is CCCCc1nc(CS(=O)(=O)c2ccccc2)[nH]c(=O)c1Cc1ccc(-c2ccccc2C(=O)O)cc1. The molecule has 0 amide bonds. The third-order valence-electron chi connectivity index (χ3n) is 6.15. The zero-order valence-corrected chi connectivity index (χ0v) is 21.3. The Morgan fingerprint density at radius 1 is 0.946 bits per heavy atom. The van der Waals surface area contributed by atoms with Crippen LogP contribution < -0.4 is 5.56 Å². The molecule has 190 valence electrons. The molecule has 0 aliphatic carbocycles. The zero-order chi connectivity index (χ0) is 26.4. The van der Waals surface area contributed by atoms with Crippen molar-refractivity contribution in [1.82, 2.24) is 9.97 Å². The molecule has 0 saturated heterocycles. The Labute approximate surface area is 215 Å². The summed E-state index contributed by atoms with van der Waals surface area (Å²) in [6.07, 6.45) is 2.62. The first kappa shape index (κ1) is 26.0. The Morgan fingerprint density at radius 3 is 2.30 bits per heavy atom. The predicted octanol–water partition coefficient (Wildman–Crippen LogP) is 5.04. The summed E-state index contributed by atoms with van der Waals surface area (Å²) in [5, 5.41) is 9.48. The van der Waals surface area contributed by atoms with E-state index in [1.165, 1.54) is 12.1 Å². The number of unbranched alkanes of at least 4 members (excludes halogenated alkanes) is 1. The molecule has 0 aliphatic rings. The Morgan fingerprint density at radius 2 is 1.62 bits per heavy atom. The van der Waals surface area contributed by atoms with Crippen molar-refractivity contribution in [3.63, 3.8) is 0 Å². The fourth-order valence-corrected chi connectivity index (χ4v) is 5.45. The van der Waals surface area contributed by atoms with Crippen LogP contribution >= 0.6 is 0 Å². The number of aromatic nitrogens is 2. The van der Waals surface area contributed by atoms with E-state index < -0.39 is 15.8 Å². The maximum atomic E-state index is 13.1. The van der Waals surface area contributed by atoms with Gasteiger partial charge in [-0.05, 0) is 47.7 Å². The number of aromatic carboxylic acids is 1. The van der Waals surface area contributed by atoms with E-state index in [4.69, 9.17) is 0 Å². The average Bonchev–Trinajstić information content (AvgIpc) is 2.90. The number of rotatable bonds is 10. The van der Waals surface area contributed by atoms with Gasteiger partial charge in [-0.3, -0.25) is 4.79 Å². The summed E-state index contributed by atoms with van der Waals surface area (Å²) in [6.45, 7) is 2.04. The first-order chi connectivity index (χ1) is 17.8. The number of nitrogens with one attached hydrogen (secondary N) is 1. The van der Waals surface area contributed by atoms with Crippen LogP contribution in [-0.2, 0) is 28.4 Å². The molecule has 4 aromatic rings. The highest BCUT2D eigenvalue weighted by atomic mass is 32.2. The number of aryl methyl sites for hydroxylation is 1. The van der Waals surface area contributed by atoms with Gasteiger partial charge in [-0.15, -0.1) is 0 Å². The van der Waals surface area contributed by atoms with Gasteiger partial charge in [0, 0.05) is 12.0 Å². The number of carbonyl (C=O) groups is 1. The van der Waals surface area contributed by atoms with E-state index in [1.807, 2.05) is 31.2 Å². The summed E-state index contributed by atoms with van der Waals surface area (Å²) in [6, 6.07) is 22.3. The first-order valence-electron chi connectivity index (χ1n) is 12.1. The van der Waals surface area contributed by atoms with Gasteiger partial charge in [-0.1, -0.05) is 74.0 Å². The second-order valence-electron chi connectivity index (χ2n) is 8.84. The van der Waals surface area contributed by atoms with Crippen molar-refractivity contribution in [1.29, 1.82) is 0 Å². The van der Waals surface area contributed by atoms with Crippen LogP contribution in [0.5, 0.6) is 0 Å². The van der Waals surface area contributed by atoms with Crippen LogP contribution in [0.1, 0.15) is 52.8 Å². The lowest BCUT2D eigenvalue weighted by Gasteiger charge is -2.12. The highest BCUT2D eigenvalue weighted by Crippen LogP contribution is 2.25. The highest BCUT2D eigenvalue weighted by Gasteiger charge is 2.19. The summed E-state index contributed by atoms with van der Waals surface area (Å²) in [5.74, 6) is -1.25. The molecule has 7 nitrogen and oxygen atoms in total. The molecule has 0 aliphatic heterocycles. The smallest absolute Gasteiger partial charge is 0.336 e. The van der Waals surface area contributed by atoms with Gasteiger partial charge in [-0.25, -0.2) is 18.2 Å². The summed E-state index contributed by atoms with van der Waals surface area (Å²) >= 11 is 0. The Balaban J connectivity index is 1.63. The second-order valence-corrected chi connectivity index (χ2v) is 10.8. The fraction of sp³-hybridized carbons (Fsp3) is 0.207. The summed E-state index contributed by atoms with van der Waals surface area (Å²) < 4.78 is 25.7. The number of aromatic amines is 1. The number of benzene rings is 3. The topological polar surface area (TPSA) is 117 Å². The monoisotopic (exact) mass is 516 g/mol. The molecule has 0 unspecified atom stereocenters. The Hall–Kier alpha value is -4.04. The third kappa shape index (κ3) is 6.21. The van der Waals surface area contributed by atoms with E-state index >= 15 is 0 Å².